The number of carbonyl (C=O) groups excluding carboxylic acids is 1. The van der Waals surface area contributed by atoms with Crippen LogP contribution in [-0.4, -0.2) is 46.8 Å². The van der Waals surface area contributed by atoms with Crippen LogP contribution in [0.5, 0.6) is 0 Å². The van der Waals surface area contributed by atoms with Crippen LogP contribution in [0.15, 0.2) is 48.7 Å². The number of hydrogen-bond donors (Lipinski definition) is 0. The molecule has 1 saturated heterocycles. The number of nitrogens with zero attached hydrogens (tertiary/aromatic N) is 3. The summed E-state index contributed by atoms with van der Waals surface area (Å²) < 4.78 is 0. The fraction of sp³-hybridized carbons (Fsp3) is 0.333. The van der Waals surface area contributed by atoms with Crippen molar-refractivity contribution in [2.75, 3.05) is 31.1 Å². The maximum absolute atomic E-state index is 12.7. The first-order chi connectivity index (χ1) is 11.6. The lowest BCUT2D eigenvalue weighted by atomic mass is 10.1. The molecule has 3 rings (SSSR count). The number of rotatable bonds is 4. The zero-order chi connectivity index (χ0) is 16.9. The van der Waals surface area contributed by atoms with Gasteiger partial charge < -0.3 is 9.80 Å². The second-order valence-corrected chi connectivity index (χ2v) is 7.28. The number of aromatic nitrogens is 1. The summed E-state index contributed by atoms with van der Waals surface area (Å²) in [6.07, 6.45) is 2.39. The molecule has 1 amide bonds. The second kappa shape index (κ2) is 7.99. The highest BCUT2D eigenvalue weighted by molar-refractivity contribution is 9.10. The van der Waals surface area contributed by atoms with E-state index in [-0.39, 0.29) is 10.7 Å². The Labute approximate surface area is 155 Å². The monoisotopic (exact) mass is 407 g/mol. The van der Waals surface area contributed by atoms with E-state index in [0.717, 1.165) is 24.5 Å². The number of benzene rings is 1. The second-order valence-electron chi connectivity index (χ2n) is 5.76. The van der Waals surface area contributed by atoms with Crippen molar-refractivity contribution in [2.45, 2.75) is 11.2 Å². The molecule has 0 saturated carbocycles. The molecule has 1 atom stereocenters. The molecule has 126 valence electrons. The highest BCUT2D eigenvalue weighted by atomic mass is 79.9. The van der Waals surface area contributed by atoms with Crippen LogP contribution in [0.4, 0.5) is 5.82 Å². The van der Waals surface area contributed by atoms with E-state index in [9.17, 15) is 4.79 Å². The van der Waals surface area contributed by atoms with E-state index in [4.69, 9.17) is 11.6 Å². The van der Waals surface area contributed by atoms with Crippen molar-refractivity contribution in [1.82, 2.24) is 9.88 Å². The Kier molecular flexibility index (Phi) is 5.74. The zero-order valence-corrected chi connectivity index (χ0v) is 15.6. The molecular formula is C18H19BrClN3O. The fourth-order valence-electron chi connectivity index (χ4n) is 2.84. The van der Waals surface area contributed by atoms with Crippen LogP contribution in [0.25, 0.3) is 0 Å². The average Bonchev–Trinajstić information content (AvgIpc) is 2.64. The van der Waals surface area contributed by atoms with Gasteiger partial charge in [0.25, 0.3) is 0 Å². The Hall–Kier alpha value is -1.59. The predicted molar refractivity (Wildman–Crippen MR) is 101 cm³/mol. The Balaban J connectivity index is 1.56. The number of alkyl halides is 1. The van der Waals surface area contributed by atoms with E-state index in [0.29, 0.717) is 24.5 Å². The molecule has 1 aromatic carbocycles. The summed E-state index contributed by atoms with van der Waals surface area (Å²) in [6, 6.07) is 13.5. The Bertz CT molecular complexity index is 690. The van der Waals surface area contributed by atoms with Crippen LogP contribution in [-0.2, 0) is 11.2 Å². The van der Waals surface area contributed by atoms with Crippen molar-refractivity contribution in [3.8, 4) is 0 Å². The van der Waals surface area contributed by atoms with Crippen molar-refractivity contribution in [3.05, 3.63) is 59.2 Å². The van der Waals surface area contributed by atoms with Crippen molar-refractivity contribution in [2.24, 2.45) is 0 Å². The van der Waals surface area contributed by atoms with E-state index in [2.05, 4.69) is 25.8 Å². The topological polar surface area (TPSA) is 36.4 Å². The quantitative estimate of drug-likeness (QED) is 0.728. The summed E-state index contributed by atoms with van der Waals surface area (Å²) in [6.45, 7) is 3.02. The number of halogens is 2. The molecule has 24 heavy (non-hydrogen) atoms. The van der Waals surface area contributed by atoms with E-state index in [1.54, 1.807) is 6.20 Å². The summed E-state index contributed by atoms with van der Waals surface area (Å²) in [5.41, 5.74) is 0.988. The third kappa shape index (κ3) is 4.08. The number of amides is 1. The van der Waals surface area contributed by atoms with Crippen molar-refractivity contribution >= 4 is 39.3 Å². The summed E-state index contributed by atoms with van der Waals surface area (Å²) in [4.78, 5) is 20.9. The van der Waals surface area contributed by atoms with Crippen LogP contribution < -0.4 is 4.90 Å². The number of piperazine rings is 1. The maximum atomic E-state index is 12.7. The number of pyridine rings is 1. The highest BCUT2D eigenvalue weighted by Gasteiger charge is 2.26. The summed E-state index contributed by atoms with van der Waals surface area (Å²) in [7, 11) is 0. The van der Waals surface area contributed by atoms with Crippen molar-refractivity contribution < 1.29 is 4.79 Å². The standard InChI is InChI=1S/C18H19BrClN3O/c19-15(13-14-5-1-2-6-16(14)20)18(24)23-11-9-22(10-12-23)17-7-3-4-8-21-17/h1-8,15H,9-13H2. The van der Waals surface area contributed by atoms with Gasteiger partial charge in [0.1, 0.15) is 5.82 Å². The summed E-state index contributed by atoms with van der Waals surface area (Å²) in [5, 5.41) is 0.703. The Morgan fingerprint density at radius 2 is 1.83 bits per heavy atom. The first-order valence-electron chi connectivity index (χ1n) is 7.97. The molecule has 1 fully saturated rings. The third-order valence-electron chi connectivity index (χ3n) is 4.19. The Morgan fingerprint density at radius 3 is 2.50 bits per heavy atom. The van der Waals surface area contributed by atoms with Gasteiger partial charge in [0.05, 0.1) is 4.83 Å². The highest BCUT2D eigenvalue weighted by Crippen LogP contribution is 2.21. The molecule has 0 bridgehead atoms. The van der Waals surface area contributed by atoms with Gasteiger partial charge in [0.15, 0.2) is 0 Å². The average molecular weight is 409 g/mol. The molecular weight excluding hydrogens is 390 g/mol. The maximum Gasteiger partial charge on any atom is 0.236 e. The molecule has 0 N–H and O–H groups in total. The minimum absolute atomic E-state index is 0.121. The number of anilines is 1. The van der Waals surface area contributed by atoms with Gasteiger partial charge in [-0.2, -0.15) is 0 Å². The summed E-state index contributed by atoms with van der Waals surface area (Å²) in [5.74, 6) is 1.09. The summed E-state index contributed by atoms with van der Waals surface area (Å²) >= 11 is 9.72. The Morgan fingerprint density at radius 1 is 1.12 bits per heavy atom. The van der Waals surface area contributed by atoms with Gasteiger partial charge in [-0.25, -0.2) is 4.98 Å². The predicted octanol–water partition coefficient (Wildman–Crippen LogP) is 3.39. The van der Waals surface area contributed by atoms with Crippen LogP contribution in [0, 0.1) is 0 Å². The normalized spacial score (nSPS) is 16.1. The lowest BCUT2D eigenvalue weighted by molar-refractivity contribution is -0.130. The minimum Gasteiger partial charge on any atom is -0.353 e. The molecule has 4 nitrogen and oxygen atoms in total. The van der Waals surface area contributed by atoms with Gasteiger partial charge in [0.2, 0.25) is 5.91 Å². The van der Waals surface area contributed by atoms with Gasteiger partial charge in [-0.15, -0.1) is 0 Å². The molecule has 0 radical (unpaired) electrons. The zero-order valence-electron chi connectivity index (χ0n) is 13.2. The lowest BCUT2D eigenvalue weighted by Gasteiger charge is -2.36. The van der Waals surface area contributed by atoms with Crippen molar-refractivity contribution in [1.29, 1.82) is 0 Å². The molecule has 1 aliphatic rings. The van der Waals surface area contributed by atoms with Crippen LogP contribution >= 0.6 is 27.5 Å². The van der Waals surface area contributed by atoms with Crippen LogP contribution in [0.3, 0.4) is 0 Å². The third-order valence-corrected chi connectivity index (χ3v) is 5.27. The molecule has 1 aromatic heterocycles. The van der Waals surface area contributed by atoms with Gasteiger partial charge >= 0.3 is 0 Å². The fourth-order valence-corrected chi connectivity index (χ4v) is 3.69. The van der Waals surface area contributed by atoms with Gasteiger partial charge in [0, 0.05) is 37.4 Å². The van der Waals surface area contributed by atoms with Crippen LogP contribution in [0.1, 0.15) is 5.56 Å². The lowest BCUT2D eigenvalue weighted by Crippen LogP contribution is -2.51. The molecule has 1 unspecified atom stereocenters. The van der Waals surface area contributed by atoms with Crippen LogP contribution in [0.2, 0.25) is 5.02 Å². The molecule has 1 aliphatic heterocycles. The van der Waals surface area contributed by atoms with Gasteiger partial charge in [-0.3, -0.25) is 4.79 Å². The smallest absolute Gasteiger partial charge is 0.236 e. The first-order valence-corrected chi connectivity index (χ1v) is 9.27. The number of carbonyl (C=O) groups is 1. The minimum atomic E-state index is -0.251. The number of hydrogen-bond acceptors (Lipinski definition) is 3. The van der Waals surface area contributed by atoms with E-state index in [1.165, 1.54) is 0 Å². The van der Waals surface area contributed by atoms with E-state index < -0.39 is 0 Å². The molecule has 6 heteroatoms. The van der Waals surface area contributed by atoms with E-state index in [1.807, 2.05) is 47.4 Å². The molecule has 0 spiro atoms. The molecule has 2 aromatic rings. The SMILES string of the molecule is O=C(C(Br)Cc1ccccc1Cl)N1CCN(c2ccccn2)CC1. The van der Waals surface area contributed by atoms with E-state index >= 15 is 0 Å². The van der Waals surface area contributed by atoms with Gasteiger partial charge in [-0.05, 0) is 30.2 Å². The van der Waals surface area contributed by atoms with Gasteiger partial charge in [-0.1, -0.05) is 51.8 Å². The molecule has 0 aliphatic carbocycles. The molecule has 2 heterocycles. The largest absolute Gasteiger partial charge is 0.353 e. The first kappa shape index (κ1) is 17.2. The van der Waals surface area contributed by atoms with Crippen molar-refractivity contribution in [3.63, 3.8) is 0 Å².